The van der Waals surface area contributed by atoms with Crippen LogP contribution in [0.5, 0.6) is 0 Å². The van der Waals surface area contributed by atoms with E-state index in [1.54, 1.807) is 23.9 Å². The smallest absolute Gasteiger partial charge is 0.243 e. The summed E-state index contributed by atoms with van der Waals surface area (Å²) in [7, 11) is 1.69. The number of hydrogen-bond donors (Lipinski definition) is 1. The van der Waals surface area contributed by atoms with Crippen LogP contribution in [-0.4, -0.2) is 34.9 Å². The highest BCUT2D eigenvalue weighted by Gasteiger charge is 2.02. The van der Waals surface area contributed by atoms with Crippen LogP contribution in [0, 0.1) is 0 Å². The molecule has 0 amide bonds. The summed E-state index contributed by atoms with van der Waals surface area (Å²) in [5.41, 5.74) is 0.777. The van der Waals surface area contributed by atoms with Crippen LogP contribution in [0.2, 0.25) is 5.02 Å². The van der Waals surface area contributed by atoms with Gasteiger partial charge in [0.1, 0.15) is 0 Å². The molecule has 0 bridgehead atoms. The van der Waals surface area contributed by atoms with Gasteiger partial charge in [0.2, 0.25) is 5.95 Å². The Morgan fingerprint density at radius 3 is 3.19 bits per heavy atom. The molecule has 5 nitrogen and oxygen atoms in total. The van der Waals surface area contributed by atoms with Crippen molar-refractivity contribution in [3.05, 3.63) is 23.4 Å². The van der Waals surface area contributed by atoms with Crippen molar-refractivity contribution in [1.29, 1.82) is 0 Å². The molecule has 0 fully saturated rings. The van der Waals surface area contributed by atoms with Gasteiger partial charge in [-0.3, -0.25) is 0 Å². The Hall–Kier alpha value is -1.33. The molecule has 0 radical (unpaired) electrons. The summed E-state index contributed by atoms with van der Waals surface area (Å²) in [6.07, 6.45) is 2.65. The predicted molar refractivity (Wildman–Crippen MR) is 63.0 cm³/mol. The third-order valence-corrected chi connectivity index (χ3v) is 2.33. The third-order valence-electron chi connectivity index (χ3n) is 2.10. The van der Waals surface area contributed by atoms with Crippen molar-refractivity contribution >= 4 is 23.2 Å². The van der Waals surface area contributed by atoms with E-state index in [1.165, 1.54) is 0 Å². The minimum absolute atomic E-state index is 0.610. The van der Waals surface area contributed by atoms with E-state index in [4.69, 9.17) is 16.3 Å². The maximum atomic E-state index is 5.85. The Morgan fingerprint density at radius 1 is 1.50 bits per heavy atom. The fourth-order valence-corrected chi connectivity index (χ4v) is 1.51. The highest BCUT2D eigenvalue weighted by Crippen LogP contribution is 2.11. The first-order valence-electron chi connectivity index (χ1n) is 5.04. The second-order valence-corrected chi connectivity index (χ2v) is 3.80. The molecule has 0 saturated carbocycles. The lowest BCUT2D eigenvalue weighted by atomic mass is 10.4. The van der Waals surface area contributed by atoms with Crippen molar-refractivity contribution in [3.8, 4) is 0 Å². The minimum atomic E-state index is 0.610. The molecule has 0 atom stereocenters. The van der Waals surface area contributed by atoms with Crippen LogP contribution in [0.4, 0.5) is 5.95 Å². The zero-order valence-corrected chi connectivity index (χ0v) is 9.74. The van der Waals surface area contributed by atoms with Gasteiger partial charge in [-0.05, 0) is 18.6 Å². The van der Waals surface area contributed by atoms with Crippen molar-refractivity contribution in [2.24, 2.45) is 0 Å². The second-order valence-electron chi connectivity index (χ2n) is 3.36. The molecule has 2 aromatic heterocycles. The second kappa shape index (κ2) is 5.14. The van der Waals surface area contributed by atoms with Gasteiger partial charge in [-0.15, -0.1) is 5.10 Å². The van der Waals surface area contributed by atoms with Gasteiger partial charge in [0.25, 0.3) is 0 Å². The van der Waals surface area contributed by atoms with Crippen LogP contribution in [-0.2, 0) is 4.74 Å². The summed E-state index contributed by atoms with van der Waals surface area (Å²) in [5.74, 6) is 0.610. The molecule has 0 aromatic carbocycles. The van der Waals surface area contributed by atoms with Crippen molar-refractivity contribution in [2.75, 3.05) is 25.6 Å². The van der Waals surface area contributed by atoms with Gasteiger partial charge >= 0.3 is 0 Å². The molecule has 0 saturated heterocycles. The summed E-state index contributed by atoms with van der Waals surface area (Å²) < 4.78 is 6.60. The van der Waals surface area contributed by atoms with E-state index in [-0.39, 0.29) is 0 Å². The SMILES string of the molecule is COCCCNc1nc2ccc(Cl)cn2n1. The Kier molecular flexibility index (Phi) is 3.58. The molecular weight excluding hydrogens is 228 g/mol. The van der Waals surface area contributed by atoms with E-state index in [2.05, 4.69) is 15.4 Å². The fourth-order valence-electron chi connectivity index (χ4n) is 1.35. The number of hydrogen-bond acceptors (Lipinski definition) is 4. The van der Waals surface area contributed by atoms with E-state index in [9.17, 15) is 0 Å². The first kappa shape index (κ1) is 11.2. The normalized spacial score (nSPS) is 10.9. The molecule has 0 aliphatic heterocycles. The molecule has 0 aliphatic carbocycles. The number of rotatable bonds is 5. The van der Waals surface area contributed by atoms with Crippen molar-refractivity contribution in [2.45, 2.75) is 6.42 Å². The first-order valence-corrected chi connectivity index (χ1v) is 5.42. The van der Waals surface area contributed by atoms with Gasteiger partial charge in [-0.25, -0.2) is 4.52 Å². The van der Waals surface area contributed by atoms with Gasteiger partial charge in [0.15, 0.2) is 5.65 Å². The molecule has 0 spiro atoms. The Balaban J connectivity index is 2.02. The number of ether oxygens (including phenoxy) is 1. The lowest BCUT2D eigenvalue weighted by Gasteiger charge is -1.99. The van der Waals surface area contributed by atoms with E-state index >= 15 is 0 Å². The molecule has 16 heavy (non-hydrogen) atoms. The number of aromatic nitrogens is 3. The lowest BCUT2D eigenvalue weighted by molar-refractivity contribution is 0.197. The molecule has 86 valence electrons. The van der Waals surface area contributed by atoms with E-state index < -0.39 is 0 Å². The van der Waals surface area contributed by atoms with Gasteiger partial charge in [-0.1, -0.05) is 11.6 Å². The molecule has 2 aromatic rings. The number of nitrogens with one attached hydrogen (secondary N) is 1. The van der Waals surface area contributed by atoms with Crippen LogP contribution < -0.4 is 5.32 Å². The Bertz CT molecular complexity index is 471. The summed E-state index contributed by atoms with van der Waals surface area (Å²) in [6.45, 7) is 1.52. The van der Waals surface area contributed by atoms with Crippen LogP contribution in [0.3, 0.4) is 0 Å². The Morgan fingerprint density at radius 2 is 2.38 bits per heavy atom. The topological polar surface area (TPSA) is 51.5 Å². The number of halogens is 1. The van der Waals surface area contributed by atoms with Gasteiger partial charge in [0, 0.05) is 26.5 Å². The van der Waals surface area contributed by atoms with Gasteiger partial charge < -0.3 is 10.1 Å². The van der Waals surface area contributed by atoms with Crippen molar-refractivity contribution < 1.29 is 4.74 Å². The maximum absolute atomic E-state index is 5.85. The zero-order chi connectivity index (χ0) is 11.4. The number of anilines is 1. The average molecular weight is 241 g/mol. The molecule has 0 unspecified atom stereocenters. The van der Waals surface area contributed by atoms with Crippen molar-refractivity contribution in [3.63, 3.8) is 0 Å². The summed E-state index contributed by atoms with van der Waals surface area (Å²) in [4.78, 5) is 4.29. The van der Waals surface area contributed by atoms with Crippen LogP contribution in [0.25, 0.3) is 5.65 Å². The van der Waals surface area contributed by atoms with Crippen molar-refractivity contribution in [1.82, 2.24) is 14.6 Å². The maximum Gasteiger partial charge on any atom is 0.243 e. The minimum Gasteiger partial charge on any atom is -0.385 e. The largest absolute Gasteiger partial charge is 0.385 e. The number of pyridine rings is 1. The standard InChI is InChI=1S/C10H13ClN4O/c1-16-6-2-5-12-10-13-9-4-3-8(11)7-15(9)14-10/h3-4,7H,2,5-6H2,1H3,(H,12,14). The molecule has 1 N–H and O–H groups in total. The average Bonchev–Trinajstić information content (AvgIpc) is 2.66. The van der Waals surface area contributed by atoms with Gasteiger partial charge in [-0.2, -0.15) is 4.98 Å². The van der Waals surface area contributed by atoms with Crippen LogP contribution >= 0.6 is 11.6 Å². The number of nitrogens with zero attached hydrogens (tertiary/aromatic N) is 3. The van der Waals surface area contributed by atoms with E-state index in [1.807, 2.05) is 6.07 Å². The van der Waals surface area contributed by atoms with E-state index in [0.717, 1.165) is 25.2 Å². The monoisotopic (exact) mass is 240 g/mol. The third kappa shape index (κ3) is 2.62. The number of fused-ring (bicyclic) bond motifs is 1. The lowest BCUT2D eigenvalue weighted by Crippen LogP contribution is -2.05. The molecular formula is C10H13ClN4O. The number of methoxy groups -OCH3 is 1. The molecule has 6 heteroatoms. The molecule has 2 heterocycles. The summed E-state index contributed by atoms with van der Waals surface area (Å²) in [6, 6.07) is 3.62. The van der Waals surface area contributed by atoms with Crippen LogP contribution in [0.15, 0.2) is 18.3 Å². The summed E-state index contributed by atoms with van der Waals surface area (Å²) >= 11 is 5.85. The van der Waals surface area contributed by atoms with Gasteiger partial charge in [0.05, 0.1) is 5.02 Å². The van der Waals surface area contributed by atoms with E-state index in [0.29, 0.717) is 11.0 Å². The highest BCUT2D eigenvalue weighted by atomic mass is 35.5. The molecule has 2 rings (SSSR count). The summed E-state index contributed by atoms with van der Waals surface area (Å²) in [5, 5.41) is 8.00. The molecule has 0 aliphatic rings. The van der Waals surface area contributed by atoms with Crippen LogP contribution in [0.1, 0.15) is 6.42 Å². The quantitative estimate of drug-likeness (QED) is 0.811. The highest BCUT2D eigenvalue weighted by molar-refractivity contribution is 6.30. The first-order chi connectivity index (χ1) is 7.79. The Labute approximate surface area is 98.4 Å². The zero-order valence-electron chi connectivity index (χ0n) is 8.98. The predicted octanol–water partition coefficient (Wildman–Crippen LogP) is 1.83. The fraction of sp³-hybridized carbons (Fsp3) is 0.400.